The van der Waals surface area contributed by atoms with E-state index in [2.05, 4.69) is 10.6 Å². The first-order chi connectivity index (χ1) is 12.1. The lowest BCUT2D eigenvalue weighted by Crippen LogP contribution is -2.20. The Labute approximate surface area is 143 Å². The molecule has 0 aliphatic carbocycles. The van der Waals surface area contributed by atoms with Gasteiger partial charge in [-0.1, -0.05) is 36.4 Å². The highest BCUT2D eigenvalue weighted by Gasteiger charge is 2.14. The van der Waals surface area contributed by atoms with E-state index >= 15 is 0 Å². The maximum atomic E-state index is 12.3. The molecular formula is C18H15N3O4. The number of urea groups is 1. The smallest absolute Gasteiger partial charge is 0.323 e. The fourth-order valence-corrected chi connectivity index (χ4v) is 2.52. The molecule has 3 aromatic carbocycles. The van der Waals surface area contributed by atoms with E-state index in [1.807, 2.05) is 36.4 Å². The number of carbonyl (C=O) groups is 1. The molecule has 0 fully saturated rings. The summed E-state index contributed by atoms with van der Waals surface area (Å²) < 4.78 is 5.14. The van der Waals surface area contributed by atoms with Crippen molar-refractivity contribution in [3.8, 4) is 5.75 Å². The second kappa shape index (κ2) is 6.88. The van der Waals surface area contributed by atoms with Crippen molar-refractivity contribution in [2.45, 2.75) is 0 Å². The molecule has 0 atom stereocenters. The first kappa shape index (κ1) is 16.3. The van der Waals surface area contributed by atoms with Crippen molar-refractivity contribution >= 4 is 33.9 Å². The molecule has 0 saturated heterocycles. The number of hydrogen-bond acceptors (Lipinski definition) is 4. The lowest BCUT2D eigenvalue weighted by molar-refractivity contribution is -0.384. The van der Waals surface area contributed by atoms with Crippen LogP contribution in [0.2, 0.25) is 0 Å². The lowest BCUT2D eigenvalue weighted by Gasteiger charge is -2.12. The second-order valence-electron chi connectivity index (χ2n) is 5.25. The summed E-state index contributed by atoms with van der Waals surface area (Å²) in [6, 6.07) is 16.7. The van der Waals surface area contributed by atoms with Crippen LogP contribution in [0.25, 0.3) is 10.8 Å². The molecule has 0 heterocycles. The average molecular weight is 337 g/mol. The fraction of sp³-hybridized carbons (Fsp3) is 0.0556. The minimum Gasteiger partial charge on any atom is -0.495 e. The number of nitrogens with zero attached hydrogens (tertiary/aromatic N) is 1. The number of nitro groups is 1. The van der Waals surface area contributed by atoms with Crippen molar-refractivity contribution in [3.63, 3.8) is 0 Å². The molecule has 7 heteroatoms. The maximum absolute atomic E-state index is 12.3. The van der Waals surface area contributed by atoms with Crippen molar-refractivity contribution < 1.29 is 14.5 Å². The highest BCUT2D eigenvalue weighted by Crippen LogP contribution is 2.29. The number of ether oxygens (including phenoxy) is 1. The molecule has 0 spiro atoms. The molecule has 0 unspecified atom stereocenters. The lowest BCUT2D eigenvalue weighted by atomic mass is 10.1. The zero-order valence-electron chi connectivity index (χ0n) is 13.4. The number of non-ortho nitro benzene ring substituents is 1. The molecule has 0 saturated carbocycles. The number of carbonyl (C=O) groups excluding carboxylic acids is 1. The number of fused-ring (bicyclic) bond motifs is 1. The molecule has 126 valence electrons. The van der Waals surface area contributed by atoms with Crippen LogP contribution in [0, 0.1) is 10.1 Å². The van der Waals surface area contributed by atoms with Gasteiger partial charge in [0.2, 0.25) is 0 Å². The molecule has 0 aliphatic rings. The number of hydrogen-bond donors (Lipinski definition) is 2. The Morgan fingerprint density at radius 2 is 1.72 bits per heavy atom. The zero-order chi connectivity index (χ0) is 17.8. The molecule has 0 aliphatic heterocycles. The molecule has 3 aromatic rings. The van der Waals surface area contributed by atoms with Gasteiger partial charge in [-0.2, -0.15) is 0 Å². The third-order valence-corrected chi connectivity index (χ3v) is 3.68. The van der Waals surface area contributed by atoms with E-state index in [1.54, 1.807) is 6.07 Å². The highest BCUT2D eigenvalue weighted by atomic mass is 16.6. The van der Waals surface area contributed by atoms with Crippen LogP contribution in [0.5, 0.6) is 5.75 Å². The van der Waals surface area contributed by atoms with E-state index in [0.717, 1.165) is 10.8 Å². The summed E-state index contributed by atoms with van der Waals surface area (Å²) in [4.78, 5) is 22.7. The molecule has 25 heavy (non-hydrogen) atoms. The molecule has 0 bridgehead atoms. The SMILES string of the molecule is COc1ccc([N+](=O)[O-])cc1NC(=O)Nc1cccc2ccccc12. The van der Waals surface area contributed by atoms with Gasteiger partial charge in [-0.05, 0) is 17.5 Å². The van der Waals surface area contributed by atoms with Gasteiger partial charge in [0.1, 0.15) is 5.75 Å². The Kier molecular flexibility index (Phi) is 4.47. The first-order valence-electron chi connectivity index (χ1n) is 7.46. The maximum Gasteiger partial charge on any atom is 0.323 e. The Morgan fingerprint density at radius 1 is 1.00 bits per heavy atom. The Hall–Kier alpha value is -3.61. The topological polar surface area (TPSA) is 93.5 Å². The van der Waals surface area contributed by atoms with Crippen molar-refractivity contribution in [2.24, 2.45) is 0 Å². The number of anilines is 2. The van der Waals surface area contributed by atoms with Gasteiger partial charge in [0.15, 0.2) is 0 Å². The van der Waals surface area contributed by atoms with Crippen LogP contribution >= 0.6 is 0 Å². The van der Waals surface area contributed by atoms with E-state index in [0.29, 0.717) is 11.4 Å². The molecule has 0 aromatic heterocycles. The molecule has 0 radical (unpaired) electrons. The summed E-state index contributed by atoms with van der Waals surface area (Å²) in [6.07, 6.45) is 0. The summed E-state index contributed by atoms with van der Waals surface area (Å²) in [7, 11) is 1.43. The molecule has 3 rings (SSSR count). The van der Waals surface area contributed by atoms with Crippen LogP contribution in [0.1, 0.15) is 0 Å². The van der Waals surface area contributed by atoms with Crippen molar-refractivity contribution in [2.75, 3.05) is 17.7 Å². The summed E-state index contributed by atoms with van der Waals surface area (Å²) in [5, 5.41) is 18.1. The molecule has 7 nitrogen and oxygen atoms in total. The minimum absolute atomic E-state index is 0.138. The van der Waals surface area contributed by atoms with E-state index < -0.39 is 11.0 Å². The number of methoxy groups -OCH3 is 1. The quantitative estimate of drug-likeness (QED) is 0.545. The van der Waals surface area contributed by atoms with Gasteiger partial charge in [0.05, 0.1) is 23.4 Å². The third-order valence-electron chi connectivity index (χ3n) is 3.68. The standard InChI is InChI=1S/C18H15N3O4/c1-25-17-10-9-13(21(23)24)11-16(17)20-18(22)19-15-8-4-6-12-5-2-3-7-14(12)15/h2-11H,1H3,(H2,19,20,22). The van der Waals surface area contributed by atoms with Crippen molar-refractivity contribution in [1.29, 1.82) is 0 Å². The van der Waals surface area contributed by atoms with E-state index in [4.69, 9.17) is 4.74 Å². The van der Waals surface area contributed by atoms with Gasteiger partial charge in [-0.3, -0.25) is 10.1 Å². The van der Waals surface area contributed by atoms with Crippen LogP contribution in [0.15, 0.2) is 60.7 Å². The third kappa shape index (κ3) is 3.50. The van der Waals surface area contributed by atoms with Crippen molar-refractivity contribution in [3.05, 3.63) is 70.8 Å². The van der Waals surface area contributed by atoms with Crippen LogP contribution in [0.4, 0.5) is 21.9 Å². The number of amides is 2. The molecule has 2 amide bonds. The number of nitro benzene ring substituents is 1. The van der Waals surface area contributed by atoms with Crippen LogP contribution < -0.4 is 15.4 Å². The first-order valence-corrected chi connectivity index (χ1v) is 7.46. The minimum atomic E-state index is -0.534. The van der Waals surface area contributed by atoms with Crippen LogP contribution in [0.3, 0.4) is 0 Å². The number of benzene rings is 3. The summed E-state index contributed by atoms with van der Waals surface area (Å²) in [5.74, 6) is 0.332. The Bertz CT molecular complexity index is 951. The molecular weight excluding hydrogens is 322 g/mol. The predicted molar refractivity (Wildman–Crippen MR) is 96.2 cm³/mol. The number of nitrogens with one attached hydrogen (secondary N) is 2. The van der Waals surface area contributed by atoms with Gasteiger partial charge < -0.3 is 15.4 Å². The van der Waals surface area contributed by atoms with E-state index in [1.165, 1.54) is 25.3 Å². The van der Waals surface area contributed by atoms with Gasteiger partial charge in [0.25, 0.3) is 5.69 Å². The summed E-state index contributed by atoms with van der Waals surface area (Å²) >= 11 is 0. The summed E-state index contributed by atoms with van der Waals surface area (Å²) in [5.41, 5.74) is 0.718. The number of rotatable bonds is 4. The normalized spacial score (nSPS) is 10.3. The van der Waals surface area contributed by atoms with E-state index in [-0.39, 0.29) is 11.4 Å². The predicted octanol–water partition coefficient (Wildman–Crippen LogP) is 4.40. The van der Waals surface area contributed by atoms with Gasteiger partial charge >= 0.3 is 6.03 Å². The van der Waals surface area contributed by atoms with Gasteiger partial charge in [0, 0.05) is 17.5 Å². The largest absolute Gasteiger partial charge is 0.495 e. The van der Waals surface area contributed by atoms with Crippen LogP contribution in [-0.2, 0) is 0 Å². The highest BCUT2D eigenvalue weighted by molar-refractivity contribution is 6.06. The van der Waals surface area contributed by atoms with E-state index in [9.17, 15) is 14.9 Å². The van der Waals surface area contributed by atoms with Crippen molar-refractivity contribution in [1.82, 2.24) is 0 Å². The fourth-order valence-electron chi connectivity index (χ4n) is 2.52. The zero-order valence-corrected chi connectivity index (χ0v) is 13.4. The van der Waals surface area contributed by atoms with Crippen LogP contribution in [-0.4, -0.2) is 18.1 Å². The Morgan fingerprint density at radius 3 is 2.48 bits per heavy atom. The monoisotopic (exact) mass is 337 g/mol. The second-order valence-corrected chi connectivity index (χ2v) is 5.25. The molecule has 2 N–H and O–H groups in total. The summed E-state index contributed by atoms with van der Waals surface area (Å²) in [6.45, 7) is 0. The Balaban J connectivity index is 1.85. The average Bonchev–Trinajstić information content (AvgIpc) is 2.62. The van der Waals surface area contributed by atoms with Gasteiger partial charge in [-0.25, -0.2) is 4.79 Å². The van der Waals surface area contributed by atoms with Gasteiger partial charge in [-0.15, -0.1) is 0 Å².